The Morgan fingerprint density at radius 1 is 1.00 bits per heavy atom. The Kier molecular flexibility index (Phi) is 6.14. The Labute approximate surface area is 125 Å². The molecule has 0 amide bonds. The molecule has 1 aromatic rings. The fourth-order valence-corrected chi connectivity index (χ4v) is 1.89. The molecule has 0 aromatic heterocycles. The predicted molar refractivity (Wildman–Crippen MR) is 77.7 cm³/mol. The van der Waals surface area contributed by atoms with Gasteiger partial charge in [0.05, 0.1) is 0 Å². The van der Waals surface area contributed by atoms with Gasteiger partial charge in [-0.15, -0.1) is 29.7 Å². The summed E-state index contributed by atoms with van der Waals surface area (Å²) in [5.41, 5.74) is 9.03. The predicted octanol–water partition coefficient (Wildman–Crippen LogP) is 3.82. The first kappa shape index (κ1) is 15.3. The molecule has 0 unspecified atom stereocenters. The van der Waals surface area contributed by atoms with Gasteiger partial charge in [0, 0.05) is 0 Å². The van der Waals surface area contributed by atoms with Crippen LogP contribution >= 0.6 is 0 Å². The molecule has 0 heterocycles. The standard InChI is InChI=1S/C12H12N.C5H5.Fe/c1-9-8-11(13)6-7-12(9)10-4-2-3-5-10;1-2-4-5-3-1;/h2-8H,13H2,1H3;1-5H;/q2*-1;+2. The van der Waals surface area contributed by atoms with Crippen molar-refractivity contribution in [3.05, 3.63) is 95.6 Å². The van der Waals surface area contributed by atoms with E-state index < -0.39 is 0 Å². The quantitative estimate of drug-likeness (QED) is 0.571. The first-order valence-corrected chi connectivity index (χ1v) is 6.02. The molecule has 0 radical (unpaired) electrons. The van der Waals surface area contributed by atoms with E-state index >= 15 is 0 Å². The van der Waals surface area contributed by atoms with Gasteiger partial charge in [0.1, 0.15) is 0 Å². The van der Waals surface area contributed by atoms with E-state index in [1.807, 2.05) is 54.6 Å². The van der Waals surface area contributed by atoms with Gasteiger partial charge in [-0.25, -0.2) is 12.1 Å². The Balaban J connectivity index is 0.000000256. The molecule has 98 valence electrons. The van der Waals surface area contributed by atoms with Crippen LogP contribution in [0, 0.1) is 5.92 Å². The largest absolute Gasteiger partial charge is 2.00 e. The molecule has 0 saturated carbocycles. The van der Waals surface area contributed by atoms with Crippen LogP contribution in [-0.4, -0.2) is 0 Å². The van der Waals surface area contributed by atoms with Crippen LogP contribution in [0.1, 0.15) is 6.92 Å². The van der Waals surface area contributed by atoms with Crippen LogP contribution in [0.15, 0.2) is 89.7 Å². The van der Waals surface area contributed by atoms with Crippen LogP contribution in [-0.2, 0) is 17.1 Å². The minimum Gasteiger partial charge on any atom is -0.436 e. The molecule has 0 atom stereocenters. The van der Waals surface area contributed by atoms with Crippen molar-refractivity contribution in [1.82, 2.24) is 0 Å². The minimum atomic E-state index is 0. The van der Waals surface area contributed by atoms with Gasteiger partial charge in [0.25, 0.3) is 0 Å². The maximum Gasteiger partial charge on any atom is 2.00 e. The number of allylic oxidation sites excluding steroid dienone is 9. The van der Waals surface area contributed by atoms with Gasteiger partial charge in [-0.2, -0.15) is 18.2 Å². The number of nitrogens with two attached hydrogens (primary N) is 1. The van der Waals surface area contributed by atoms with Crippen molar-refractivity contribution in [3.63, 3.8) is 0 Å². The Bertz CT molecular complexity index is 496. The zero-order chi connectivity index (χ0) is 12.8. The van der Waals surface area contributed by atoms with Gasteiger partial charge in [0.2, 0.25) is 0 Å². The van der Waals surface area contributed by atoms with E-state index in [2.05, 4.69) is 25.2 Å². The van der Waals surface area contributed by atoms with Crippen molar-refractivity contribution in [2.75, 3.05) is 0 Å². The molecular weight excluding hydrogens is 274 g/mol. The van der Waals surface area contributed by atoms with Crippen LogP contribution in [0.25, 0.3) is 0 Å². The molecule has 2 heteroatoms. The number of hydrogen-bond acceptors (Lipinski definition) is 1. The van der Waals surface area contributed by atoms with Crippen molar-refractivity contribution >= 4 is 0 Å². The SMILES string of the molecule is C[C-]1C=C(N)C=CC1=C1C=CC=C1.[Fe+2].c1cc[cH-]c1. The first-order valence-electron chi connectivity index (χ1n) is 6.02. The van der Waals surface area contributed by atoms with Gasteiger partial charge in [-0.3, -0.25) is 0 Å². The Hall–Kier alpha value is -1.76. The van der Waals surface area contributed by atoms with E-state index in [1.165, 1.54) is 17.1 Å². The smallest absolute Gasteiger partial charge is 0.436 e. The zero-order valence-electron chi connectivity index (χ0n) is 10.9. The van der Waals surface area contributed by atoms with Gasteiger partial charge in [-0.05, 0) is 0 Å². The normalized spacial score (nSPS) is 15.8. The van der Waals surface area contributed by atoms with Crippen LogP contribution < -0.4 is 5.73 Å². The zero-order valence-corrected chi connectivity index (χ0v) is 12.0. The topological polar surface area (TPSA) is 26.0 Å². The molecular formula is C17H17FeN. The molecule has 0 spiro atoms. The third-order valence-corrected chi connectivity index (χ3v) is 2.78. The van der Waals surface area contributed by atoms with Crippen molar-refractivity contribution in [3.8, 4) is 0 Å². The van der Waals surface area contributed by atoms with Crippen LogP contribution in [0.5, 0.6) is 0 Å². The van der Waals surface area contributed by atoms with E-state index in [9.17, 15) is 0 Å². The van der Waals surface area contributed by atoms with E-state index in [0.29, 0.717) is 0 Å². The molecule has 2 aliphatic carbocycles. The summed E-state index contributed by atoms with van der Waals surface area (Å²) >= 11 is 0. The number of hydrogen-bond donors (Lipinski definition) is 1. The second-order valence-corrected chi connectivity index (χ2v) is 4.21. The molecule has 2 N–H and O–H groups in total. The van der Waals surface area contributed by atoms with E-state index in [4.69, 9.17) is 5.73 Å². The average Bonchev–Trinajstić information content (AvgIpc) is 3.05. The summed E-state index contributed by atoms with van der Waals surface area (Å²) in [5, 5.41) is 0. The van der Waals surface area contributed by atoms with Gasteiger partial charge in [-0.1, -0.05) is 42.5 Å². The van der Waals surface area contributed by atoms with E-state index in [0.717, 1.165) is 5.70 Å². The van der Waals surface area contributed by atoms with Gasteiger partial charge < -0.3 is 5.73 Å². The third kappa shape index (κ3) is 4.44. The van der Waals surface area contributed by atoms with Crippen molar-refractivity contribution in [1.29, 1.82) is 0 Å². The summed E-state index contributed by atoms with van der Waals surface area (Å²) in [6.07, 6.45) is 14.3. The number of rotatable bonds is 0. The molecule has 0 bridgehead atoms. The molecule has 1 aromatic carbocycles. The minimum absolute atomic E-state index is 0. The van der Waals surface area contributed by atoms with Crippen LogP contribution in [0.4, 0.5) is 0 Å². The maximum atomic E-state index is 5.68. The van der Waals surface area contributed by atoms with E-state index in [-0.39, 0.29) is 17.1 Å². The monoisotopic (exact) mass is 291 g/mol. The van der Waals surface area contributed by atoms with Crippen molar-refractivity contribution in [2.24, 2.45) is 5.73 Å². The van der Waals surface area contributed by atoms with Gasteiger partial charge >= 0.3 is 17.1 Å². The fourth-order valence-electron chi connectivity index (χ4n) is 1.89. The summed E-state index contributed by atoms with van der Waals surface area (Å²) in [5.74, 6) is 1.23. The van der Waals surface area contributed by atoms with Crippen LogP contribution in [0.2, 0.25) is 0 Å². The summed E-state index contributed by atoms with van der Waals surface area (Å²) in [6, 6.07) is 10.0. The van der Waals surface area contributed by atoms with Crippen molar-refractivity contribution < 1.29 is 17.1 Å². The molecule has 3 rings (SSSR count). The fraction of sp³-hybridized carbons (Fsp3) is 0.0588. The summed E-state index contributed by atoms with van der Waals surface area (Å²) < 4.78 is 0. The Morgan fingerprint density at radius 2 is 1.63 bits per heavy atom. The first-order chi connectivity index (χ1) is 8.77. The summed E-state index contributed by atoms with van der Waals surface area (Å²) in [7, 11) is 0. The molecule has 1 nitrogen and oxygen atoms in total. The van der Waals surface area contributed by atoms with Gasteiger partial charge in [0.15, 0.2) is 0 Å². The summed E-state index contributed by atoms with van der Waals surface area (Å²) in [4.78, 5) is 0. The second kappa shape index (κ2) is 7.63. The van der Waals surface area contributed by atoms with E-state index in [1.54, 1.807) is 0 Å². The second-order valence-electron chi connectivity index (χ2n) is 4.21. The molecule has 19 heavy (non-hydrogen) atoms. The van der Waals surface area contributed by atoms with Crippen molar-refractivity contribution in [2.45, 2.75) is 6.92 Å². The maximum absolute atomic E-state index is 5.68. The molecule has 0 saturated heterocycles. The average molecular weight is 291 g/mol. The third-order valence-electron chi connectivity index (χ3n) is 2.78. The summed E-state index contributed by atoms with van der Waals surface area (Å²) in [6.45, 7) is 2.08. The Morgan fingerprint density at radius 3 is 2.11 bits per heavy atom. The molecule has 0 aliphatic heterocycles. The molecule has 0 fully saturated rings. The van der Waals surface area contributed by atoms with Crippen LogP contribution in [0.3, 0.4) is 0 Å². The molecule has 2 aliphatic rings.